The molecule has 2 N–H and O–H groups in total. The molecule has 2 aromatic carbocycles. The highest BCUT2D eigenvalue weighted by Gasteiger charge is 2.41. The van der Waals surface area contributed by atoms with Crippen LogP contribution in [0.1, 0.15) is 47.6 Å². The Hall–Kier alpha value is -3.64. The summed E-state index contributed by atoms with van der Waals surface area (Å²) in [7, 11) is 0. The molecule has 6 heteroatoms. The highest BCUT2D eigenvalue weighted by molar-refractivity contribution is 7.10. The Kier molecular flexibility index (Phi) is 6.07. The molecule has 0 spiro atoms. The van der Waals surface area contributed by atoms with Gasteiger partial charge in [0.15, 0.2) is 5.78 Å². The van der Waals surface area contributed by atoms with Gasteiger partial charge in [0, 0.05) is 40.1 Å². The summed E-state index contributed by atoms with van der Waals surface area (Å²) in [6.45, 7) is 1.99. The van der Waals surface area contributed by atoms with Gasteiger partial charge in [-0.3, -0.25) is 4.79 Å². The second-order valence-electron chi connectivity index (χ2n) is 8.69. The molecule has 0 bridgehead atoms. The number of thiophene rings is 1. The maximum atomic E-state index is 13.5. The molecule has 1 aliphatic heterocycles. The highest BCUT2D eigenvalue weighted by Crippen LogP contribution is 2.46. The molecular formula is C28H25NO4S. The van der Waals surface area contributed by atoms with Crippen molar-refractivity contribution in [1.29, 1.82) is 0 Å². The van der Waals surface area contributed by atoms with Gasteiger partial charge in [-0.25, -0.2) is 4.79 Å². The summed E-state index contributed by atoms with van der Waals surface area (Å²) < 4.78 is 5.68. The van der Waals surface area contributed by atoms with Gasteiger partial charge in [0.25, 0.3) is 0 Å². The lowest BCUT2D eigenvalue weighted by molar-refractivity contribution is -0.140. The van der Waals surface area contributed by atoms with Crippen molar-refractivity contribution in [2.75, 3.05) is 0 Å². The number of Topliss-reactive ketones (excluding diaryl/α,β-unsaturated/α-hetero) is 1. The minimum absolute atomic E-state index is 0.0151. The minimum Gasteiger partial charge on any atom is -0.508 e. The number of nitrogens with one attached hydrogen (secondary N) is 1. The fraction of sp³-hybridized carbons (Fsp3) is 0.214. The molecule has 0 amide bonds. The predicted molar refractivity (Wildman–Crippen MR) is 131 cm³/mol. The third kappa shape index (κ3) is 4.29. The molecule has 0 fully saturated rings. The summed E-state index contributed by atoms with van der Waals surface area (Å²) >= 11 is 1.66. The molecule has 0 saturated heterocycles. The topological polar surface area (TPSA) is 75.6 Å². The molecule has 0 saturated carbocycles. The number of aromatic hydroxyl groups is 1. The standard InChI is InChI=1S/C28H25NO4S/c1-17-25(28(32)33-16-18-7-3-2-4-8-18)26(19-9-5-10-21(30)13-19)27-22(29-17)14-20(15-23(27)31)24-11-6-12-34-24/h2-13,20,26,29-30H,14-16H2,1H3. The molecule has 1 aromatic heterocycles. The second kappa shape index (κ2) is 9.31. The molecule has 0 radical (unpaired) electrons. The van der Waals surface area contributed by atoms with E-state index in [1.165, 1.54) is 4.88 Å². The smallest absolute Gasteiger partial charge is 0.337 e. The van der Waals surface area contributed by atoms with Crippen molar-refractivity contribution in [3.63, 3.8) is 0 Å². The number of esters is 1. The average molecular weight is 472 g/mol. The van der Waals surface area contributed by atoms with Crippen molar-refractivity contribution in [3.05, 3.63) is 111 Å². The number of dihydropyridines is 1. The maximum Gasteiger partial charge on any atom is 0.337 e. The van der Waals surface area contributed by atoms with Crippen LogP contribution in [0, 0.1) is 0 Å². The molecule has 1 aliphatic carbocycles. The first-order valence-corrected chi connectivity index (χ1v) is 12.2. The van der Waals surface area contributed by atoms with E-state index in [4.69, 9.17) is 4.74 Å². The molecule has 2 heterocycles. The lowest BCUT2D eigenvalue weighted by Crippen LogP contribution is -2.36. The van der Waals surface area contributed by atoms with Gasteiger partial charge < -0.3 is 15.2 Å². The van der Waals surface area contributed by atoms with Crippen molar-refractivity contribution in [2.24, 2.45) is 0 Å². The molecule has 5 rings (SSSR count). The number of carbonyl (C=O) groups excluding carboxylic acids is 2. The van der Waals surface area contributed by atoms with Crippen LogP contribution < -0.4 is 5.32 Å². The molecule has 2 aliphatic rings. The largest absolute Gasteiger partial charge is 0.508 e. The van der Waals surface area contributed by atoms with Crippen molar-refractivity contribution in [1.82, 2.24) is 5.32 Å². The number of hydrogen-bond donors (Lipinski definition) is 2. The van der Waals surface area contributed by atoms with E-state index in [2.05, 4.69) is 11.4 Å². The van der Waals surface area contributed by atoms with E-state index in [0.717, 1.165) is 11.3 Å². The number of rotatable bonds is 5. The van der Waals surface area contributed by atoms with Gasteiger partial charge in [0.2, 0.25) is 0 Å². The van der Waals surface area contributed by atoms with E-state index >= 15 is 0 Å². The number of carbonyl (C=O) groups is 2. The van der Waals surface area contributed by atoms with Crippen LogP contribution in [0.25, 0.3) is 0 Å². The van der Waals surface area contributed by atoms with E-state index in [-0.39, 0.29) is 24.1 Å². The Morgan fingerprint density at radius 2 is 1.91 bits per heavy atom. The SMILES string of the molecule is CC1=C(C(=O)OCc2ccccc2)C(c2cccc(O)c2)C2=C(CC(c3cccs3)CC2=O)N1. The first kappa shape index (κ1) is 22.2. The van der Waals surface area contributed by atoms with Crippen LogP contribution in [0.2, 0.25) is 0 Å². The summed E-state index contributed by atoms with van der Waals surface area (Å²) in [4.78, 5) is 28.1. The first-order valence-electron chi connectivity index (χ1n) is 11.3. The van der Waals surface area contributed by atoms with E-state index < -0.39 is 11.9 Å². The number of phenolic OH excluding ortho intramolecular Hbond substituents is 1. The fourth-order valence-electron chi connectivity index (χ4n) is 4.87. The van der Waals surface area contributed by atoms with Crippen LogP contribution in [0.5, 0.6) is 5.75 Å². The van der Waals surface area contributed by atoms with Gasteiger partial charge in [-0.15, -0.1) is 11.3 Å². The maximum absolute atomic E-state index is 13.5. The number of benzene rings is 2. The Balaban J connectivity index is 1.52. The van der Waals surface area contributed by atoms with Crippen molar-refractivity contribution in [3.8, 4) is 5.75 Å². The number of allylic oxidation sites excluding steroid dienone is 3. The van der Waals surface area contributed by atoms with E-state index in [1.54, 1.807) is 29.5 Å². The molecule has 3 aromatic rings. The van der Waals surface area contributed by atoms with E-state index in [0.29, 0.717) is 35.2 Å². The predicted octanol–water partition coefficient (Wildman–Crippen LogP) is 5.56. The molecular weight excluding hydrogens is 446 g/mol. The van der Waals surface area contributed by atoms with Crippen LogP contribution >= 0.6 is 11.3 Å². The van der Waals surface area contributed by atoms with Gasteiger partial charge in [-0.05, 0) is 48.1 Å². The zero-order valence-corrected chi connectivity index (χ0v) is 19.6. The van der Waals surface area contributed by atoms with Crippen molar-refractivity contribution >= 4 is 23.1 Å². The van der Waals surface area contributed by atoms with Gasteiger partial charge >= 0.3 is 5.97 Å². The van der Waals surface area contributed by atoms with Gasteiger partial charge in [-0.2, -0.15) is 0 Å². The molecule has 5 nitrogen and oxygen atoms in total. The lowest BCUT2D eigenvalue weighted by atomic mass is 9.72. The Morgan fingerprint density at radius 1 is 1.09 bits per heavy atom. The highest BCUT2D eigenvalue weighted by atomic mass is 32.1. The van der Waals surface area contributed by atoms with E-state index in [1.807, 2.05) is 54.8 Å². The summed E-state index contributed by atoms with van der Waals surface area (Å²) in [5.41, 5.74) is 4.10. The quantitative estimate of drug-likeness (QED) is 0.477. The minimum atomic E-state index is -0.594. The second-order valence-corrected chi connectivity index (χ2v) is 9.67. The zero-order valence-electron chi connectivity index (χ0n) is 18.8. The number of ether oxygens (including phenoxy) is 1. The normalized spacial score (nSPS) is 20.1. The lowest BCUT2D eigenvalue weighted by Gasteiger charge is -2.36. The molecule has 2 atom stereocenters. The Labute approximate surface area is 202 Å². The summed E-state index contributed by atoms with van der Waals surface area (Å²) in [6.07, 6.45) is 1.09. The van der Waals surface area contributed by atoms with E-state index in [9.17, 15) is 14.7 Å². The van der Waals surface area contributed by atoms with Crippen LogP contribution in [0.15, 0.2) is 94.7 Å². The summed E-state index contributed by atoms with van der Waals surface area (Å²) in [6, 6.07) is 20.4. The van der Waals surface area contributed by atoms with Crippen molar-refractivity contribution < 1.29 is 19.4 Å². The Morgan fingerprint density at radius 3 is 2.65 bits per heavy atom. The third-order valence-electron chi connectivity index (χ3n) is 6.41. The molecule has 34 heavy (non-hydrogen) atoms. The van der Waals surface area contributed by atoms with Crippen molar-refractivity contribution in [2.45, 2.75) is 38.2 Å². The summed E-state index contributed by atoms with van der Waals surface area (Å²) in [5.74, 6) is -0.845. The number of ketones is 1. The fourth-order valence-corrected chi connectivity index (χ4v) is 5.70. The van der Waals surface area contributed by atoms with Gasteiger partial charge in [0.1, 0.15) is 12.4 Å². The van der Waals surface area contributed by atoms with Crippen LogP contribution in [-0.4, -0.2) is 16.9 Å². The first-order chi connectivity index (χ1) is 16.5. The Bertz CT molecular complexity index is 1290. The summed E-state index contributed by atoms with van der Waals surface area (Å²) in [5, 5.41) is 15.6. The van der Waals surface area contributed by atoms with Crippen LogP contribution in [0.4, 0.5) is 0 Å². The molecule has 172 valence electrons. The average Bonchev–Trinajstić information content (AvgIpc) is 3.37. The van der Waals surface area contributed by atoms with Crippen LogP contribution in [0.3, 0.4) is 0 Å². The zero-order chi connectivity index (χ0) is 23.7. The van der Waals surface area contributed by atoms with Gasteiger partial charge in [0.05, 0.1) is 5.57 Å². The number of phenols is 1. The monoisotopic (exact) mass is 471 g/mol. The third-order valence-corrected chi connectivity index (χ3v) is 7.44. The number of hydrogen-bond acceptors (Lipinski definition) is 6. The van der Waals surface area contributed by atoms with Gasteiger partial charge in [-0.1, -0.05) is 48.5 Å². The molecule has 2 unspecified atom stereocenters. The van der Waals surface area contributed by atoms with Crippen LogP contribution in [-0.2, 0) is 20.9 Å².